The Balaban J connectivity index is 1.74. The Bertz CT molecular complexity index is 1050. The van der Waals surface area contributed by atoms with Gasteiger partial charge in [0.2, 0.25) is 0 Å². The SMILES string of the molecule is OC(/C=C(\CC(O)c1ccccc1)c1ccc2cccccc1-2)c1ccccc1. The van der Waals surface area contributed by atoms with Gasteiger partial charge in [0.25, 0.3) is 0 Å². The molecule has 2 heteroatoms. The minimum absolute atomic E-state index is 0.422. The standard InChI is InChI=1S/C27H24O2/c28-26(21-11-5-1-6-12-21)18-23(19-27(29)22-13-7-2-8-14-22)25-17-16-20-10-4-3-9-15-24(20)25/h1-18,26-29H,19H2/b23-18+. The van der Waals surface area contributed by atoms with Crippen molar-refractivity contribution >= 4 is 5.57 Å². The van der Waals surface area contributed by atoms with Gasteiger partial charge in [0.1, 0.15) is 0 Å². The number of hydrogen-bond donors (Lipinski definition) is 2. The molecule has 29 heavy (non-hydrogen) atoms. The first-order chi connectivity index (χ1) is 14.2. The van der Waals surface area contributed by atoms with Gasteiger partial charge in [0.05, 0.1) is 12.2 Å². The maximum atomic E-state index is 10.9. The highest BCUT2D eigenvalue weighted by Crippen LogP contribution is 2.37. The number of rotatable bonds is 6. The van der Waals surface area contributed by atoms with E-state index in [-0.39, 0.29) is 0 Å². The van der Waals surface area contributed by atoms with E-state index in [0.29, 0.717) is 6.42 Å². The van der Waals surface area contributed by atoms with Crippen LogP contribution in [-0.4, -0.2) is 10.2 Å². The molecule has 0 bridgehead atoms. The maximum absolute atomic E-state index is 10.9. The van der Waals surface area contributed by atoms with Crippen molar-refractivity contribution in [3.05, 3.63) is 126 Å². The van der Waals surface area contributed by atoms with E-state index in [1.54, 1.807) is 0 Å². The third-order valence-corrected chi connectivity index (χ3v) is 5.24. The lowest BCUT2D eigenvalue weighted by molar-refractivity contribution is 0.183. The van der Waals surface area contributed by atoms with Crippen molar-refractivity contribution in [3.8, 4) is 11.1 Å². The molecule has 144 valence electrons. The van der Waals surface area contributed by atoms with E-state index >= 15 is 0 Å². The first-order valence-electron chi connectivity index (χ1n) is 9.87. The van der Waals surface area contributed by atoms with Gasteiger partial charge in [-0.2, -0.15) is 0 Å². The minimum atomic E-state index is -0.739. The molecule has 0 amide bonds. The van der Waals surface area contributed by atoms with Gasteiger partial charge in [-0.05, 0) is 39.5 Å². The summed E-state index contributed by atoms with van der Waals surface area (Å²) < 4.78 is 0. The summed E-state index contributed by atoms with van der Waals surface area (Å²) in [5.41, 5.74) is 5.93. The van der Waals surface area contributed by atoms with Crippen LogP contribution in [0.4, 0.5) is 0 Å². The largest absolute Gasteiger partial charge is 0.388 e. The molecular weight excluding hydrogens is 356 g/mol. The summed E-state index contributed by atoms with van der Waals surface area (Å²) in [4.78, 5) is 0. The van der Waals surface area contributed by atoms with Crippen molar-refractivity contribution in [1.29, 1.82) is 0 Å². The van der Waals surface area contributed by atoms with E-state index in [4.69, 9.17) is 0 Å². The fourth-order valence-corrected chi connectivity index (χ4v) is 3.70. The summed E-state index contributed by atoms with van der Waals surface area (Å²) >= 11 is 0. The van der Waals surface area contributed by atoms with Crippen LogP contribution < -0.4 is 0 Å². The number of fused-ring (bicyclic) bond motifs is 1. The molecule has 0 spiro atoms. The monoisotopic (exact) mass is 380 g/mol. The van der Waals surface area contributed by atoms with Crippen molar-refractivity contribution in [3.63, 3.8) is 0 Å². The van der Waals surface area contributed by atoms with Gasteiger partial charge in [-0.25, -0.2) is 0 Å². The topological polar surface area (TPSA) is 40.5 Å². The Morgan fingerprint density at radius 1 is 0.655 bits per heavy atom. The van der Waals surface area contributed by atoms with Crippen molar-refractivity contribution in [1.82, 2.24) is 0 Å². The van der Waals surface area contributed by atoms with Crippen molar-refractivity contribution in [2.24, 2.45) is 0 Å². The van der Waals surface area contributed by atoms with Crippen molar-refractivity contribution in [2.45, 2.75) is 18.6 Å². The van der Waals surface area contributed by atoms with E-state index in [2.05, 4.69) is 24.3 Å². The van der Waals surface area contributed by atoms with Gasteiger partial charge in [0, 0.05) is 6.42 Å². The second kappa shape index (κ2) is 8.87. The zero-order valence-electron chi connectivity index (χ0n) is 16.1. The van der Waals surface area contributed by atoms with Gasteiger partial charge in [0.15, 0.2) is 0 Å². The van der Waals surface area contributed by atoms with Gasteiger partial charge >= 0.3 is 0 Å². The first kappa shape index (κ1) is 19.1. The van der Waals surface area contributed by atoms with E-state index < -0.39 is 12.2 Å². The van der Waals surface area contributed by atoms with Crippen molar-refractivity contribution in [2.75, 3.05) is 0 Å². The Labute approximate surface area is 171 Å². The molecule has 0 aromatic heterocycles. The molecule has 2 atom stereocenters. The van der Waals surface area contributed by atoms with Gasteiger partial charge in [-0.3, -0.25) is 0 Å². The molecule has 2 unspecified atom stereocenters. The number of benzene rings is 2. The third kappa shape index (κ3) is 4.45. The Morgan fingerprint density at radius 3 is 1.93 bits per heavy atom. The van der Waals surface area contributed by atoms with E-state index in [0.717, 1.165) is 33.4 Å². The predicted molar refractivity (Wildman–Crippen MR) is 118 cm³/mol. The summed E-state index contributed by atoms with van der Waals surface area (Å²) in [5, 5.41) is 21.7. The average Bonchev–Trinajstić information content (AvgIpc) is 3.02. The smallest absolute Gasteiger partial charge is 0.0977 e. The molecule has 2 aromatic carbocycles. The third-order valence-electron chi connectivity index (χ3n) is 5.24. The molecule has 0 saturated carbocycles. The van der Waals surface area contributed by atoms with Crippen LogP contribution in [-0.2, 0) is 0 Å². The van der Waals surface area contributed by atoms with Gasteiger partial charge in [-0.1, -0.05) is 103 Å². The first-order valence-corrected chi connectivity index (χ1v) is 9.87. The molecule has 0 aliphatic heterocycles. The molecule has 2 N–H and O–H groups in total. The highest BCUT2D eigenvalue weighted by molar-refractivity contribution is 5.84. The quantitative estimate of drug-likeness (QED) is 0.429. The van der Waals surface area contributed by atoms with E-state index in [1.807, 2.05) is 84.9 Å². The van der Waals surface area contributed by atoms with Crippen LogP contribution in [0, 0.1) is 0 Å². The average molecular weight is 380 g/mol. The molecule has 0 saturated heterocycles. The summed E-state index contributed by atoms with van der Waals surface area (Å²) in [7, 11) is 0. The van der Waals surface area contributed by atoms with E-state index in [1.165, 1.54) is 0 Å². The summed E-state index contributed by atoms with van der Waals surface area (Å²) in [6.07, 6.45) is 0.902. The van der Waals surface area contributed by atoms with Crippen LogP contribution in [0.25, 0.3) is 16.7 Å². The zero-order chi connectivity index (χ0) is 20.1. The molecule has 4 rings (SSSR count). The van der Waals surface area contributed by atoms with Crippen LogP contribution in [0.3, 0.4) is 0 Å². The van der Waals surface area contributed by atoms with Crippen molar-refractivity contribution < 1.29 is 10.2 Å². The number of aliphatic hydroxyl groups is 2. The lowest BCUT2D eigenvalue weighted by Crippen LogP contribution is -2.01. The minimum Gasteiger partial charge on any atom is -0.388 e. The lowest BCUT2D eigenvalue weighted by Gasteiger charge is -2.17. The van der Waals surface area contributed by atoms with Gasteiger partial charge < -0.3 is 10.2 Å². The fraction of sp³-hybridized carbons (Fsp3) is 0.111. The normalized spacial score (nSPS) is 13.9. The second-order valence-electron chi connectivity index (χ2n) is 7.20. The summed E-state index contributed by atoms with van der Waals surface area (Å²) in [6, 6.07) is 33.6. The summed E-state index contributed by atoms with van der Waals surface area (Å²) in [5.74, 6) is 0. The fourth-order valence-electron chi connectivity index (χ4n) is 3.70. The molecule has 2 aromatic rings. The Morgan fingerprint density at radius 2 is 1.24 bits per heavy atom. The van der Waals surface area contributed by atoms with Crippen LogP contribution in [0.2, 0.25) is 0 Å². The maximum Gasteiger partial charge on any atom is 0.0977 e. The second-order valence-corrected chi connectivity index (χ2v) is 7.20. The van der Waals surface area contributed by atoms with Gasteiger partial charge in [-0.15, -0.1) is 0 Å². The lowest BCUT2D eigenvalue weighted by atomic mass is 9.92. The zero-order valence-corrected chi connectivity index (χ0v) is 16.1. The number of aliphatic hydroxyl groups excluding tert-OH is 2. The highest BCUT2D eigenvalue weighted by Gasteiger charge is 2.18. The molecular formula is C27H24O2. The summed E-state index contributed by atoms with van der Waals surface area (Å²) in [6.45, 7) is 0. The van der Waals surface area contributed by atoms with Crippen LogP contribution in [0.1, 0.15) is 35.3 Å². The van der Waals surface area contributed by atoms with Crippen LogP contribution >= 0.6 is 0 Å². The Hall–Kier alpha value is -3.20. The number of hydrogen-bond acceptors (Lipinski definition) is 2. The molecule has 2 aliphatic carbocycles. The molecule has 0 radical (unpaired) electrons. The molecule has 2 aliphatic rings. The Kier molecular flexibility index (Phi) is 5.85. The highest BCUT2D eigenvalue weighted by atomic mass is 16.3. The van der Waals surface area contributed by atoms with E-state index in [9.17, 15) is 10.2 Å². The van der Waals surface area contributed by atoms with Crippen LogP contribution in [0.5, 0.6) is 0 Å². The molecule has 0 fully saturated rings. The van der Waals surface area contributed by atoms with Crippen LogP contribution in [0.15, 0.2) is 109 Å². The molecule has 2 nitrogen and oxygen atoms in total. The molecule has 0 heterocycles. The predicted octanol–water partition coefficient (Wildman–Crippen LogP) is 6.03.